The number of methoxy groups -OCH3 is 1. The fourth-order valence-electron chi connectivity index (χ4n) is 1.03. The predicted molar refractivity (Wildman–Crippen MR) is 57.3 cm³/mol. The quantitative estimate of drug-likeness (QED) is 0.795. The van der Waals surface area contributed by atoms with E-state index in [4.69, 9.17) is 22.1 Å². The number of hydrogen-bond acceptors (Lipinski definition) is 4. The Labute approximate surface area is 92.9 Å². The molecule has 0 amide bonds. The monoisotopic (exact) mass is 229 g/mol. The maximum atomic E-state index is 11.1. The molecule has 0 aromatic heterocycles. The van der Waals surface area contributed by atoms with Crippen LogP contribution in [-0.4, -0.2) is 26.2 Å². The molecule has 0 radical (unpaired) electrons. The fraction of sp³-hybridized carbons (Fsp3) is 0.300. The van der Waals surface area contributed by atoms with Crippen LogP contribution in [0.5, 0.6) is 5.75 Å². The van der Waals surface area contributed by atoms with E-state index in [9.17, 15) is 4.79 Å². The van der Waals surface area contributed by atoms with E-state index in [0.29, 0.717) is 29.5 Å². The van der Waals surface area contributed by atoms with Crippen molar-refractivity contribution in [3.8, 4) is 5.75 Å². The van der Waals surface area contributed by atoms with Crippen LogP contribution in [0.3, 0.4) is 0 Å². The number of benzene rings is 1. The average Bonchev–Trinajstić information content (AvgIpc) is 2.26. The van der Waals surface area contributed by atoms with Gasteiger partial charge in [-0.3, -0.25) is 0 Å². The van der Waals surface area contributed by atoms with Crippen LogP contribution in [-0.2, 0) is 4.74 Å². The van der Waals surface area contributed by atoms with E-state index in [1.165, 1.54) is 13.2 Å². The smallest absolute Gasteiger partial charge is 0.337 e. The minimum Gasteiger partial charge on any atom is -0.491 e. The van der Waals surface area contributed by atoms with Crippen molar-refractivity contribution in [2.45, 2.75) is 0 Å². The molecule has 82 valence electrons. The molecule has 0 saturated heterocycles. The highest BCUT2D eigenvalue weighted by atomic mass is 35.5. The van der Waals surface area contributed by atoms with Crippen molar-refractivity contribution in [2.24, 2.45) is 5.73 Å². The number of ether oxygens (including phenoxy) is 2. The van der Waals surface area contributed by atoms with Gasteiger partial charge in [0.25, 0.3) is 0 Å². The largest absolute Gasteiger partial charge is 0.491 e. The normalized spacial score (nSPS) is 9.80. The highest BCUT2D eigenvalue weighted by molar-refractivity contribution is 6.32. The third kappa shape index (κ3) is 3.11. The van der Waals surface area contributed by atoms with Gasteiger partial charge in [0.05, 0.1) is 17.7 Å². The summed E-state index contributed by atoms with van der Waals surface area (Å²) in [5.74, 6) is 0.0806. The highest BCUT2D eigenvalue weighted by Gasteiger charge is 2.08. The highest BCUT2D eigenvalue weighted by Crippen LogP contribution is 2.25. The molecule has 0 saturated carbocycles. The van der Waals surface area contributed by atoms with Crippen molar-refractivity contribution in [2.75, 3.05) is 20.3 Å². The zero-order valence-electron chi connectivity index (χ0n) is 8.33. The van der Waals surface area contributed by atoms with Gasteiger partial charge in [-0.15, -0.1) is 0 Å². The van der Waals surface area contributed by atoms with Gasteiger partial charge in [-0.25, -0.2) is 4.79 Å². The van der Waals surface area contributed by atoms with Gasteiger partial charge in [-0.1, -0.05) is 11.6 Å². The number of nitrogens with two attached hydrogens (primary N) is 1. The molecule has 0 heterocycles. The summed E-state index contributed by atoms with van der Waals surface area (Å²) in [6, 6.07) is 4.70. The number of halogens is 1. The Morgan fingerprint density at radius 3 is 2.80 bits per heavy atom. The number of hydrogen-bond donors (Lipinski definition) is 1. The summed E-state index contributed by atoms with van der Waals surface area (Å²) in [6.45, 7) is 0.798. The number of rotatable bonds is 4. The molecule has 0 atom stereocenters. The second-order valence-corrected chi connectivity index (χ2v) is 3.18. The standard InChI is InChI=1S/C10H12ClNO3/c1-14-10(13)7-2-3-9(8(11)6-7)15-5-4-12/h2-3,6H,4-5,12H2,1H3. The lowest BCUT2D eigenvalue weighted by atomic mass is 10.2. The third-order valence-electron chi connectivity index (χ3n) is 1.73. The first kappa shape index (κ1) is 11.8. The molecule has 0 bridgehead atoms. The number of esters is 1. The van der Waals surface area contributed by atoms with E-state index < -0.39 is 5.97 Å². The maximum absolute atomic E-state index is 11.1. The molecule has 5 heteroatoms. The van der Waals surface area contributed by atoms with Crippen molar-refractivity contribution in [3.05, 3.63) is 28.8 Å². The molecule has 0 unspecified atom stereocenters. The first-order valence-electron chi connectivity index (χ1n) is 4.39. The van der Waals surface area contributed by atoms with Crippen molar-refractivity contribution >= 4 is 17.6 Å². The van der Waals surface area contributed by atoms with E-state index in [-0.39, 0.29) is 0 Å². The second-order valence-electron chi connectivity index (χ2n) is 2.77. The molecule has 0 spiro atoms. The minimum absolute atomic E-state index is 0.367. The van der Waals surface area contributed by atoms with Crippen molar-refractivity contribution in [3.63, 3.8) is 0 Å². The van der Waals surface area contributed by atoms with Gasteiger partial charge < -0.3 is 15.2 Å². The number of carbonyl (C=O) groups is 1. The summed E-state index contributed by atoms with van der Waals surface area (Å²) >= 11 is 5.89. The van der Waals surface area contributed by atoms with E-state index in [1.54, 1.807) is 12.1 Å². The molecule has 0 aliphatic carbocycles. The van der Waals surface area contributed by atoms with Crippen molar-refractivity contribution in [1.82, 2.24) is 0 Å². The Bertz CT molecular complexity index is 355. The van der Waals surface area contributed by atoms with Gasteiger partial charge in [0.1, 0.15) is 12.4 Å². The Hall–Kier alpha value is -1.26. The van der Waals surface area contributed by atoms with Crippen LogP contribution in [0, 0.1) is 0 Å². The Morgan fingerprint density at radius 1 is 1.53 bits per heavy atom. The second kappa shape index (κ2) is 5.58. The molecule has 1 rings (SSSR count). The lowest BCUT2D eigenvalue weighted by Gasteiger charge is -2.07. The van der Waals surface area contributed by atoms with Crippen molar-refractivity contribution < 1.29 is 14.3 Å². The Kier molecular flexibility index (Phi) is 4.39. The minimum atomic E-state index is -0.428. The molecule has 1 aromatic carbocycles. The summed E-state index contributed by atoms with van der Waals surface area (Å²) in [4.78, 5) is 11.1. The molecule has 4 nitrogen and oxygen atoms in total. The van der Waals surface area contributed by atoms with Gasteiger partial charge in [0.2, 0.25) is 0 Å². The van der Waals surface area contributed by atoms with Crippen LogP contribution in [0.15, 0.2) is 18.2 Å². The molecular formula is C10H12ClNO3. The lowest BCUT2D eigenvalue weighted by molar-refractivity contribution is 0.0600. The van der Waals surface area contributed by atoms with Gasteiger partial charge >= 0.3 is 5.97 Å². The fourth-order valence-corrected chi connectivity index (χ4v) is 1.27. The van der Waals surface area contributed by atoms with E-state index in [2.05, 4.69) is 4.74 Å². The summed E-state index contributed by atoms with van der Waals surface area (Å²) < 4.78 is 9.80. The summed E-state index contributed by atoms with van der Waals surface area (Å²) in [6.07, 6.45) is 0. The summed E-state index contributed by atoms with van der Waals surface area (Å²) in [5, 5.41) is 0.367. The Balaban J connectivity index is 2.83. The van der Waals surface area contributed by atoms with E-state index >= 15 is 0 Å². The lowest BCUT2D eigenvalue weighted by Crippen LogP contribution is -2.11. The Morgan fingerprint density at radius 2 is 2.27 bits per heavy atom. The zero-order valence-corrected chi connectivity index (χ0v) is 9.08. The number of carbonyl (C=O) groups excluding carboxylic acids is 1. The van der Waals surface area contributed by atoms with E-state index in [1.807, 2.05) is 0 Å². The average molecular weight is 230 g/mol. The van der Waals surface area contributed by atoms with Crippen LogP contribution in [0.1, 0.15) is 10.4 Å². The van der Waals surface area contributed by atoms with Crippen LogP contribution >= 0.6 is 11.6 Å². The summed E-state index contributed by atoms with van der Waals surface area (Å²) in [7, 11) is 1.31. The first-order chi connectivity index (χ1) is 7.19. The van der Waals surface area contributed by atoms with Crippen LogP contribution < -0.4 is 10.5 Å². The zero-order chi connectivity index (χ0) is 11.3. The van der Waals surface area contributed by atoms with Crippen molar-refractivity contribution in [1.29, 1.82) is 0 Å². The van der Waals surface area contributed by atoms with Gasteiger partial charge in [-0.2, -0.15) is 0 Å². The summed E-state index contributed by atoms with van der Waals surface area (Å²) in [5.41, 5.74) is 5.68. The van der Waals surface area contributed by atoms with Gasteiger partial charge in [0, 0.05) is 6.54 Å². The molecule has 2 N–H and O–H groups in total. The predicted octanol–water partition coefficient (Wildman–Crippen LogP) is 1.46. The first-order valence-corrected chi connectivity index (χ1v) is 4.77. The molecule has 0 aliphatic heterocycles. The van der Waals surface area contributed by atoms with Crippen LogP contribution in [0.2, 0.25) is 5.02 Å². The molecular weight excluding hydrogens is 218 g/mol. The molecule has 15 heavy (non-hydrogen) atoms. The maximum Gasteiger partial charge on any atom is 0.337 e. The third-order valence-corrected chi connectivity index (χ3v) is 2.02. The molecule has 0 fully saturated rings. The van der Waals surface area contributed by atoms with E-state index in [0.717, 1.165) is 0 Å². The molecule has 1 aromatic rings. The van der Waals surface area contributed by atoms with Gasteiger partial charge in [0.15, 0.2) is 0 Å². The SMILES string of the molecule is COC(=O)c1ccc(OCCN)c(Cl)c1. The molecule has 0 aliphatic rings. The van der Waals surface area contributed by atoms with Gasteiger partial charge in [-0.05, 0) is 18.2 Å². The topological polar surface area (TPSA) is 61.5 Å². The van der Waals surface area contributed by atoms with Crippen LogP contribution in [0.25, 0.3) is 0 Å². The van der Waals surface area contributed by atoms with Crippen LogP contribution in [0.4, 0.5) is 0 Å².